The quantitative estimate of drug-likeness (QED) is 0.597. The molecule has 1 aromatic heterocycles. The zero-order chi connectivity index (χ0) is 19.0. The topological polar surface area (TPSA) is 56.2 Å². The number of anilines is 1. The van der Waals surface area contributed by atoms with Crippen molar-refractivity contribution in [3.63, 3.8) is 0 Å². The fourth-order valence-corrected chi connectivity index (χ4v) is 2.29. The second-order valence-corrected chi connectivity index (χ2v) is 5.07. The minimum Gasteiger partial charge on any atom is -0.406 e. The van der Waals surface area contributed by atoms with Gasteiger partial charge in [0.1, 0.15) is 12.1 Å². The minimum absolute atomic E-state index is 0.221. The van der Waals surface area contributed by atoms with Crippen molar-refractivity contribution in [2.75, 3.05) is 4.72 Å². The average molecular weight is 406 g/mol. The molecule has 0 saturated carbocycles. The Balaban J connectivity index is 2.58. The summed E-state index contributed by atoms with van der Waals surface area (Å²) < 4.78 is 81.0. The van der Waals surface area contributed by atoms with Crippen molar-refractivity contribution in [1.29, 1.82) is 0 Å². The summed E-state index contributed by atoms with van der Waals surface area (Å²) in [5.41, 5.74) is -3.06. The predicted octanol–water partition coefficient (Wildman–Crippen LogP) is 4.06. The molecule has 0 unspecified atom stereocenters. The smallest absolute Gasteiger partial charge is 0.406 e. The molecule has 0 bridgehead atoms. The van der Waals surface area contributed by atoms with Crippen LogP contribution >= 0.6 is 24.4 Å². The summed E-state index contributed by atoms with van der Waals surface area (Å²) in [6.45, 7) is 0. The van der Waals surface area contributed by atoms with Crippen molar-refractivity contribution in [2.45, 2.75) is 12.5 Å². The van der Waals surface area contributed by atoms with Crippen LogP contribution in [0.3, 0.4) is 0 Å². The van der Waals surface area contributed by atoms with Crippen LogP contribution in [0.15, 0.2) is 29.3 Å². The zero-order valence-electron chi connectivity index (χ0n) is 11.6. The van der Waals surface area contributed by atoms with Crippen LogP contribution in [-0.4, -0.2) is 15.9 Å². The number of rotatable bonds is 3. The van der Waals surface area contributed by atoms with Crippen LogP contribution < -0.4 is 15.0 Å². The van der Waals surface area contributed by atoms with Crippen molar-refractivity contribution < 1.29 is 31.1 Å². The molecule has 0 spiro atoms. The first-order valence-corrected chi connectivity index (χ1v) is 6.90. The molecule has 2 rings (SSSR count). The van der Waals surface area contributed by atoms with Crippen molar-refractivity contribution in [2.24, 2.45) is 0 Å². The molecule has 1 aromatic carbocycles. The summed E-state index contributed by atoms with van der Waals surface area (Å²) in [6.07, 6.45) is -9.28. The summed E-state index contributed by atoms with van der Waals surface area (Å²) >= 11 is 9.52. The average Bonchev–Trinajstić information content (AvgIpc) is 2.44. The van der Waals surface area contributed by atoms with E-state index in [0.717, 1.165) is 12.1 Å². The van der Waals surface area contributed by atoms with E-state index in [1.54, 1.807) is 0 Å². The number of nitrogens with zero attached hydrogens (tertiary/aromatic N) is 2. The molecule has 0 saturated heterocycles. The zero-order valence-corrected chi connectivity index (χ0v) is 13.3. The first-order valence-electron chi connectivity index (χ1n) is 6.08. The Morgan fingerprint density at radius 3 is 2.28 bits per heavy atom. The van der Waals surface area contributed by atoms with Crippen molar-refractivity contribution >= 4 is 30.1 Å². The molecule has 1 heterocycles. The van der Waals surface area contributed by atoms with Gasteiger partial charge in [-0.2, -0.15) is 13.2 Å². The van der Waals surface area contributed by atoms with Crippen molar-refractivity contribution in [3.8, 4) is 11.4 Å². The highest BCUT2D eigenvalue weighted by Gasteiger charge is 2.34. The molecule has 2 aromatic rings. The highest BCUT2D eigenvalue weighted by Crippen LogP contribution is 2.35. The standard InChI is InChI=1S/C12H6ClF6N3O2S/c13-6-1-5(24-12(17,18)19)2-7(21-25)10(6)22-4-20-8(3-9(22)23)11(14,15)16/h1-4,21,25H. The van der Waals surface area contributed by atoms with Crippen LogP contribution in [0.4, 0.5) is 32.0 Å². The van der Waals surface area contributed by atoms with Gasteiger partial charge in [0.2, 0.25) is 0 Å². The number of ether oxygens (including phenoxy) is 1. The van der Waals surface area contributed by atoms with Gasteiger partial charge in [-0.05, 0) is 0 Å². The lowest BCUT2D eigenvalue weighted by atomic mass is 10.2. The first-order chi connectivity index (χ1) is 11.4. The molecule has 5 nitrogen and oxygen atoms in total. The van der Waals surface area contributed by atoms with E-state index < -0.39 is 34.6 Å². The first kappa shape index (κ1) is 19.2. The van der Waals surface area contributed by atoms with Gasteiger partial charge in [0.05, 0.1) is 16.4 Å². The van der Waals surface area contributed by atoms with E-state index in [1.807, 2.05) is 0 Å². The Morgan fingerprint density at radius 2 is 1.80 bits per heavy atom. The van der Waals surface area contributed by atoms with Gasteiger partial charge in [0.15, 0.2) is 5.69 Å². The van der Waals surface area contributed by atoms with E-state index in [4.69, 9.17) is 11.6 Å². The van der Waals surface area contributed by atoms with Crippen LogP contribution in [0.2, 0.25) is 5.02 Å². The highest BCUT2D eigenvalue weighted by atomic mass is 35.5. The molecular formula is C12H6ClF6N3O2S. The van der Waals surface area contributed by atoms with E-state index in [9.17, 15) is 31.1 Å². The van der Waals surface area contributed by atoms with Gasteiger partial charge in [-0.3, -0.25) is 9.36 Å². The molecule has 13 heteroatoms. The lowest BCUT2D eigenvalue weighted by Crippen LogP contribution is -2.23. The lowest BCUT2D eigenvalue weighted by Gasteiger charge is -2.16. The number of thiol groups is 1. The Bertz CT molecular complexity index is 852. The molecule has 1 N–H and O–H groups in total. The van der Waals surface area contributed by atoms with Crippen LogP contribution in [0.25, 0.3) is 5.69 Å². The maximum atomic E-state index is 12.6. The normalized spacial score (nSPS) is 12.2. The van der Waals surface area contributed by atoms with Gasteiger partial charge in [0.25, 0.3) is 5.56 Å². The summed E-state index contributed by atoms with van der Waals surface area (Å²) in [5, 5.41) is -0.415. The van der Waals surface area contributed by atoms with Crippen molar-refractivity contribution in [3.05, 3.63) is 45.6 Å². The molecule has 0 atom stereocenters. The van der Waals surface area contributed by atoms with Gasteiger partial charge >= 0.3 is 12.5 Å². The predicted molar refractivity (Wildman–Crippen MR) is 79.1 cm³/mol. The molecule has 0 aliphatic rings. The fourth-order valence-electron chi connectivity index (χ4n) is 1.82. The number of nitrogens with one attached hydrogen (secondary N) is 1. The van der Waals surface area contributed by atoms with E-state index in [1.165, 1.54) is 0 Å². The number of benzene rings is 1. The number of aromatic nitrogens is 2. The molecule has 0 aliphatic carbocycles. The number of halogens is 7. The Kier molecular flexibility index (Phi) is 5.14. The molecule has 136 valence electrons. The third-order valence-electron chi connectivity index (χ3n) is 2.73. The van der Waals surface area contributed by atoms with Crippen molar-refractivity contribution in [1.82, 2.24) is 9.55 Å². The fraction of sp³-hybridized carbons (Fsp3) is 0.167. The molecule has 0 fully saturated rings. The second-order valence-electron chi connectivity index (χ2n) is 4.44. The van der Waals surface area contributed by atoms with Gasteiger partial charge < -0.3 is 9.46 Å². The third kappa shape index (κ3) is 4.51. The monoisotopic (exact) mass is 405 g/mol. The molecule has 25 heavy (non-hydrogen) atoms. The molecule has 0 aliphatic heterocycles. The molecule has 0 radical (unpaired) electrons. The number of hydrogen-bond acceptors (Lipinski definition) is 5. The molecule has 0 amide bonds. The summed E-state index contributed by atoms with van der Waals surface area (Å²) in [7, 11) is 0. The molecular weight excluding hydrogens is 400 g/mol. The van der Waals surface area contributed by atoms with E-state index in [-0.39, 0.29) is 17.4 Å². The van der Waals surface area contributed by atoms with E-state index >= 15 is 0 Å². The van der Waals surface area contributed by atoms with Gasteiger partial charge in [-0.25, -0.2) is 4.98 Å². The maximum absolute atomic E-state index is 12.6. The van der Waals surface area contributed by atoms with Crippen LogP contribution in [0.1, 0.15) is 5.69 Å². The SMILES string of the molecule is O=c1cc(C(F)(F)F)ncn1-c1c(Cl)cc(OC(F)(F)F)cc1NS. The Labute approximate surface area is 145 Å². The van der Waals surface area contributed by atoms with Crippen LogP contribution in [0.5, 0.6) is 5.75 Å². The van der Waals surface area contributed by atoms with E-state index in [0.29, 0.717) is 10.9 Å². The Morgan fingerprint density at radius 1 is 1.16 bits per heavy atom. The van der Waals surface area contributed by atoms with Crippen LogP contribution in [0, 0.1) is 0 Å². The minimum atomic E-state index is -4.99. The van der Waals surface area contributed by atoms with Gasteiger partial charge in [0, 0.05) is 18.2 Å². The largest absolute Gasteiger partial charge is 0.573 e. The van der Waals surface area contributed by atoms with Gasteiger partial charge in [-0.15, -0.1) is 13.2 Å². The third-order valence-corrected chi connectivity index (χ3v) is 3.26. The number of hydrogen-bond donors (Lipinski definition) is 2. The summed E-state index contributed by atoms with van der Waals surface area (Å²) in [4.78, 5) is 15.0. The van der Waals surface area contributed by atoms with E-state index in [2.05, 4.69) is 27.3 Å². The summed E-state index contributed by atoms with van der Waals surface area (Å²) in [5.74, 6) is -0.717. The summed E-state index contributed by atoms with van der Waals surface area (Å²) in [6, 6.07) is 1.77. The van der Waals surface area contributed by atoms with Crippen LogP contribution in [-0.2, 0) is 6.18 Å². The number of alkyl halides is 6. The van der Waals surface area contributed by atoms with Gasteiger partial charge in [-0.1, -0.05) is 24.4 Å². The second kappa shape index (κ2) is 6.67. The lowest BCUT2D eigenvalue weighted by molar-refractivity contribution is -0.274. The highest BCUT2D eigenvalue weighted by molar-refractivity contribution is 7.81. The maximum Gasteiger partial charge on any atom is 0.573 e. The Hall–Kier alpha value is -2.08.